The van der Waals surface area contributed by atoms with Gasteiger partial charge >= 0.3 is 0 Å². The first kappa shape index (κ1) is 16.5. The molecule has 1 aliphatic rings. The van der Waals surface area contributed by atoms with Crippen LogP contribution >= 0.6 is 0 Å². The first-order valence-electron chi connectivity index (χ1n) is 7.39. The van der Waals surface area contributed by atoms with Crippen molar-refractivity contribution in [2.24, 2.45) is 17.3 Å². The maximum atomic E-state index is 12.4. The molecule has 110 valence electrons. The molecule has 1 saturated carbocycles. The molecule has 3 atom stereocenters. The third-order valence-corrected chi connectivity index (χ3v) is 7.34. The van der Waals surface area contributed by atoms with Crippen molar-refractivity contribution in [3.05, 3.63) is 0 Å². The summed E-state index contributed by atoms with van der Waals surface area (Å²) in [6.45, 7) is 8.48. The van der Waals surface area contributed by atoms with Crippen LogP contribution in [0.4, 0.5) is 0 Å². The molecule has 19 heavy (non-hydrogen) atoms. The van der Waals surface area contributed by atoms with Crippen molar-refractivity contribution in [3.63, 3.8) is 0 Å². The normalized spacial score (nSPS) is 28.9. The van der Waals surface area contributed by atoms with Crippen LogP contribution in [-0.4, -0.2) is 19.4 Å². The minimum Gasteiger partial charge on any atom is -0.229 e. The van der Waals surface area contributed by atoms with Crippen LogP contribution in [0.25, 0.3) is 0 Å². The Morgan fingerprint density at radius 2 is 1.89 bits per heavy atom. The number of nitrogens with zero attached hydrogens (tertiary/aromatic N) is 1. The largest absolute Gasteiger partial charge is 0.229 e. The number of rotatable bonds is 5. The molecule has 0 N–H and O–H groups in total. The minimum atomic E-state index is -3.12. The monoisotopic (exact) mass is 285 g/mol. The van der Waals surface area contributed by atoms with Gasteiger partial charge in [-0.1, -0.05) is 34.1 Å². The zero-order valence-electron chi connectivity index (χ0n) is 12.6. The molecule has 0 radical (unpaired) electrons. The molecule has 0 saturated heterocycles. The Labute approximate surface area is 118 Å². The molecule has 3 nitrogen and oxygen atoms in total. The Morgan fingerprint density at radius 3 is 2.37 bits per heavy atom. The molecule has 0 aliphatic heterocycles. The summed E-state index contributed by atoms with van der Waals surface area (Å²) in [7, 11) is -3.12. The lowest BCUT2D eigenvalue weighted by molar-refractivity contribution is 0.142. The van der Waals surface area contributed by atoms with Gasteiger partial charge in [0, 0.05) is 0 Å². The molecular formula is C15H27NO2S. The van der Waals surface area contributed by atoms with Crippen LogP contribution in [0.1, 0.15) is 59.8 Å². The summed E-state index contributed by atoms with van der Waals surface area (Å²) in [5, 5.41) is 8.78. The lowest BCUT2D eigenvalue weighted by atomic mass is 9.67. The second-order valence-electron chi connectivity index (χ2n) is 6.49. The van der Waals surface area contributed by atoms with E-state index < -0.39 is 15.1 Å². The SMILES string of the molecule is CCCS(=O)(=O)C1CC(C(C)(C)CC)CCC1C#N. The second kappa shape index (κ2) is 6.26. The van der Waals surface area contributed by atoms with E-state index in [9.17, 15) is 13.7 Å². The Kier molecular flexibility index (Phi) is 5.43. The second-order valence-corrected chi connectivity index (χ2v) is 8.83. The van der Waals surface area contributed by atoms with E-state index in [2.05, 4.69) is 26.8 Å². The fourth-order valence-corrected chi connectivity index (χ4v) is 5.20. The lowest BCUT2D eigenvalue weighted by Crippen LogP contribution is -2.40. The summed E-state index contributed by atoms with van der Waals surface area (Å²) < 4.78 is 24.7. The van der Waals surface area contributed by atoms with Crippen LogP contribution in [-0.2, 0) is 9.84 Å². The third kappa shape index (κ3) is 3.72. The van der Waals surface area contributed by atoms with Crippen LogP contribution in [0.15, 0.2) is 0 Å². The summed E-state index contributed by atoms with van der Waals surface area (Å²) in [4.78, 5) is 0. The predicted molar refractivity (Wildman–Crippen MR) is 78.4 cm³/mol. The van der Waals surface area contributed by atoms with Crippen LogP contribution in [0.3, 0.4) is 0 Å². The van der Waals surface area contributed by atoms with Gasteiger partial charge in [0.2, 0.25) is 0 Å². The summed E-state index contributed by atoms with van der Waals surface area (Å²) in [5.41, 5.74) is 0.167. The molecule has 1 aliphatic carbocycles. The van der Waals surface area contributed by atoms with Crippen LogP contribution in [0.5, 0.6) is 0 Å². The molecule has 1 rings (SSSR count). The van der Waals surface area contributed by atoms with E-state index in [4.69, 9.17) is 0 Å². The Morgan fingerprint density at radius 1 is 1.26 bits per heavy atom. The number of hydrogen-bond acceptors (Lipinski definition) is 3. The Hall–Kier alpha value is -0.560. The predicted octanol–water partition coefficient (Wildman–Crippen LogP) is 3.56. The molecule has 4 heteroatoms. The van der Waals surface area contributed by atoms with Gasteiger partial charge in [0.25, 0.3) is 0 Å². The van der Waals surface area contributed by atoms with Crippen molar-refractivity contribution in [3.8, 4) is 6.07 Å². The summed E-state index contributed by atoms with van der Waals surface area (Å²) >= 11 is 0. The molecule has 0 aromatic heterocycles. The molecule has 0 bridgehead atoms. The van der Waals surface area contributed by atoms with Gasteiger partial charge in [-0.15, -0.1) is 0 Å². The van der Waals surface area contributed by atoms with Crippen molar-refractivity contribution in [2.45, 2.75) is 65.0 Å². The standard InChI is InChI=1S/C15H27NO2S/c1-5-9-19(17,18)14-10-13(15(3,4)6-2)8-7-12(14)11-16/h12-14H,5-10H2,1-4H3. The number of sulfone groups is 1. The van der Waals surface area contributed by atoms with E-state index >= 15 is 0 Å². The van der Waals surface area contributed by atoms with Gasteiger partial charge in [0.15, 0.2) is 9.84 Å². The number of hydrogen-bond donors (Lipinski definition) is 0. The highest BCUT2D eigenvalue weighted by Crippen LogP contribution is 2.44. The fourth-order valence-electron chi connectivity index (χ4n) is 3.11. The fraction of sp³-hybridized carbons (Fsp3) is 0.933. The molecule has 0 spiro atoms. The Bertz CT molecular complexity index is 434. The molecular weight excluding hydrogens is 258 g/mol. The first-order chi connectivity index (χ1) is 8.78. The van der Waals surface area contributed by atoms with Crippen LogP contribution in [0.2, 0.25) is 0 Å². The van der Waals surface area contributed by atoms with Gasteiger partial charge in [-0.05, 0) is 37.0 Å². The average molecular weight is 285 g/mol. The minimum absolute atomic E-state index is 0.167. The maximum absolute atomic E-state index is 12.4. The van der Waals surface area contributed by atoms with Crippen LogP contribution in [0, 0.1) is 28.6 Å². The number of nitriles is 1. The van der Waals surface area contributed by atoms with E-state index in [1.807, 2.05) is 6.92 Å². The van der Waals surface area contributed by atoms with Crippen molar-refractivity contribution < 1.29 is 8.42 Å². The average Bonchev–Trinajstić information content (AvgIpc) is 2.37. The summed E-state index contributed by atoms with van der Waals surface area (Å²) in [5.74, 6) is 0.328. The maximum Gasteiger partial charge on any atom is 0.154 e. The molecule has 1 fully saturated rings. The van der Waals surface area contributed by atoms with Gasteiger partial charge in [0.1, 0.15) is 0 Å². The zero-order chi connectivity index (χ0) is 14.7. The highest BCUT2D eigenvalue weighted by Gasteiger charge is 2.42. The topological polar surface area (TPSA) is 57.9 Å². The van der Waals surface area contributed by atoms with Crippen molar-refractivity contribution in [1.82, 2.24) is 0 Å². The van der Waals surface area contributed by atoms with Gasteiger partial charge < -0.3 is 0 Å². The lowest BCUT2D eigenvalue weighted by Gasteiger charge is -2.41. The van der Waals surface area contributed by atoms with E-state index in [-0.39, 0.29) is 17.1 Å². The van der Waals surface area contributed by atoms with E-state index in [1.54, 1.807) is 0 Å². The van der Waals surface area contributed by atoms with Gasteiger partial charge in [-0.3, -0.25) is 0 Å². The van der Waals surface area contributed by atoms with Gasteiger partial charge in [-0.25, -0.2) is 8.42 Å². The highest BCUT2D eigenvalue weighted by molar-refractivity contribution is 7.92. The molecule has 0 aromatic rings. The van der Waals surface area contributed by atoms with E-state index in [1.165, 1.54) is 0 Å². The van der Waals surface area contributed by atoms with Gasteiger partial charge in [-0.2, -0.15) is 5.26 Å². The first-order valence-corrected chi connectivity index (χ1v) is 9.11. The smallest absolute Gasteiger partial charge is 0.154 e. The summed E-state index contributed by atoms with van der Waals surface area (Å²) in [6, 6.07) is 2.23. The van der Waals surface area contributed by atoms with Gasteiger partial charge in [0.05, 0.1) is 23.0 Å². The molecule has 0 amide bonds. The van der Waals surface area contributed by atoms with Crippen molar-refractivity contribution >= 4 is 9.84 Å². The highest BCUT2D eigenvalue weighted by atomic mass is 32.2. The molecule has 0 aromatic carbocycles. The van der Waals surface area contributed by atoms with E-state index in [0.717, 1.165) is 19.3 Å². The third-order valence-electron chi connectivity index (χ3n) is 4.92. The van der Waals surface area contributed by atoms with Crippen LogP contribution < -0.4 is 0 Å². The van der Waals surface area contributed by atoms with E-state index in [0.29, 0.717) is 18.8 Å². The summed E-state index contributed by atoms with van der Waals surface area (Å²) in [6.07, 6.45) is 4.07. The zero-order valence-corrected chi connectivity index (χ0v) is 13.5. The quantitative estimate of drug-likeness (QED) is 0.776. The van der Waals surface area contributed by atoms with Crippen molar-refractivity contribution in [1.29, 1.82) is 5.26 Å². The molecule has 3 unspecified atom stereocenters. The molecule has 0 heterocycles. The van der Waals surface area contributed by atoms with Crippen molar-refractivity contribution in [2.75, 3.05) is 5.75 Å². The Balaban J connectivity index is 2.96.